The number of aliphatic hydroxyl groups is 1. The van der Waals surface area contributed by atoms with Gasteiger partial charge in [-0.25, -0.2) is 0 Å². The largest absolute Gasteiger partial charge is 0.493 e. The van der Waals surface area contributed by atoms with Gasteiger partial charge in [-0.2, -0.15) is 0 Å². The van der Waals surface area contributed by atoms with Gasteiger partial charge in [0.2, 0.25) is 0 Å². The number of ether oxygens (including phenoxy) is 2. The first-order valence-corrected chi connectivity index (χ1v) is 8.04. The summed E-state index contributed by atoms with van der Waals surface area (Å²) in [7, 11) is 1.70. The lowest BCUT2D eigenvalue weighted by Gasteiger charge is -2.56. The molecule has 2 heterocycles. The normalized spacial score (nSPS) is 42.2. The van der Waals surface area contributed by atoms with Crippen molar-refractivity contribution in [1.82, 2.24) is 5.32 Å². The molecule has 112 valence electrons. The second-order valence-corrected chi connectivity index (χ2v) is 6.98. The van der Waals surface area contributed by atoms with Gasteiger partial charge in [-0.05, 0) is 49.8 Å². The molecule has 0 amide bonds. The molecule has 1 saturated carbocycles. The van der Waals surface area contributed by atoms with Crippen molar-refractivity contribution in [2.75, 3.05) is 13.7 Å². The molecule has 1 spiro atoms. The highest BCUT2D eigenvalue weighted by molar-refractivity contribution is 5.61. The lowest BCUT2D eigenvalue weighted by Crippen LogP contribution is -2.66. The van der Waals surface area contributed by atoms with Crippen molar-refractivity contribution >= 4 is 0 Å². The Bertz CT molecular complexity index is 616. The average molecular weight is 287 g/mol. The molecule has 2 unspecified atom stereocenters. The van der Waals surface area contributed by atoms with Crippen molar-refractivity contribution in [3.05, 3.63) is 23.3 Å². The highest BCUT2D eigenvalue weighted by Gasteiger charge is 2.64. The molecule has 2 N–H and O–H groups in total. The van der Waals surface area contributed by atoms with Crippen molar-refractivity contribution in [2.24, 2.45) is 5.92 Å². The molecular weight excluding hydrogens is 266 g/mol. The third kappa shape index (κ3) is 1.29. The average Bonchev–Trinajstić information content (AvgIpc) is 2.83. The van der Waals surface area contributed by atoms with E-state index in [0.29, 0.717) is 12.0 Å². The zero-order valence-electron chi connectivity index (χ0n) is 12.3. The quantitative estimate of drug-likeness (QED) is 0.819. The van der Waals surface area contributed by atoms with E-state index < -0.39 is 0 Å². The molecule has 5 rings (SSSR count). The van der Waals surface area contributed by atoms with Crippen LogP contribution >= 0.6 is 0 Å². The Balaban J connectivity index is 1.81. The van der Waals surface area contributed by atoms with Crippen molar-refractivity contribution in [3.8, 4) is 11.5 Å². The highest BCUT2D eigenvalue weighted by atomic mass is 16.5. The van der Waals surface area contributed by atoms with Crippen LogP contribution in [0.3, 0.4) is 0 Å². The predicted molar refractivity (Wildman–Crippen MR) is 77.9 cm³/mol. The van der Waals surface area contributed by atoms with Crippen molar-refractivity contribution in [2.45, 2.75) is 49.3 Å². The Labute approximate surface area is 124 Å². The summed E-state index contributed by atoms with van der Waals surface area (Å²) in [5.74, 6) is 2.31. The third-order valence-electron chi connectivity index (χ3n) is 6.30. The number of hydrogen-bond acceptors (Lipinski definition) is 4. The van der Waals surface area contributed by atoms with Gasteiger partial charge in [-0.3, -0.25) is 0 Å². The first-order chi connectivity index (χ1) is 10.3. The molecule has 0 aromatic heterocycles. The zero-order valence-corrected chi connectivity index (χ0v) is 12.3. The summed E-state index contributed by atoms with van der Waals surface area (Å²) in [6.07, 6.45) is 3.62. The maximum atomic E-state index is 10.6. The number of rotatable bonds is 1. The molecule has 2 aliphatic carbocycles. The van der Waals surface area contributed by atoms with Crippen LogP contribution in [0.15, 0.2) is 12.1 Å². The molecule has 1 aromatic carbocycles. The lowest BCUT2D eigenvalue weighted by atomic mass is 9.52. The van der Waals surface area contributed by atoms with Gasteiger partial charge in [0.1, 0.15) is 6.10 Å². The second-order valence-electron chi connectivity index (χ2n) is 6.98. The van der Waals surface area contributed by atoms with Gasteiger partial charge in [0.15, 0.2) is 11.5 Å². The molecule has 0 radical (unpaired) electrons. The molecule has 4 aliphatic rings. The van der Waals surface area contributed by atoms with Gasteiger partial charge in [0.05, 0.1) is 13.2 Å². The van der Waals surface area contributed by atoms with Gasteiger partial charge >= 0.3 is 0 Å². The minimum absolute atomic E-state index is 0.00500. The van der Waals surface area contributed by atoms with Crippen LogP contribution < -0.4 is 14.8 Å². The number of nitrogens with one attached hydrogen (secondary N) is 1. The van der Waals surface area contributed by atoms with Crippen LogP contribution in [0.5, 0.6) is 11.5 Å². The van der Waals surface area contributed by atoms with Crippen molar-refractivity contribution < 1.29 is 14.6 Å². The summed E-state index contributed by atoms with van der Waals surface area (Å²) in [4.78, 5) is 0. The van der Waals surface area contributed by atoms with E-state index in [9.17, 15) is 5.11 Å². The number of methoxy groups -OCH3 is 1. The number of benzene rings is 1. The van der Waals surface area contributed by atoms with E-state index in [0.717, 1.165) is 43.7 Å². The van der Waals surface area contributed by atoms with Crippen LogP contribution in [0.25, 0.3) is 0 Å². The van der Waals surface area contributed by atoms with E-state index in [2.05, 4.69) is 11.4 Å². The van der Waals surface area contributed by atoms with Crippen LogP contribution in [0.2, 0.25) is 0 Å². The van der Waals surface area contributed by atoms with Crippen LogP contribution in [0.1, 0.15) is 30.4 Å². The smallest absolute Gasteiger partial charge is 0.165 e. The number of hydrogen-bond donors (Lipinski definition) is 2. The molecule has 5 atom stereocenters. The van der Waals surface area contributed by atoms with E-state index in [4.69, 9.17) is 9.47 Å². The Morgan fingerprint density at radius 1 is 1.38 bits per heavy atom. The molecule has 1 saturated heterocycles. The maximum absolute atomic E-state index is 10.6. The summed E-state index contributed by atoms with van der Waals surface area (Å²) in [5, 5.41) is 14.3. The standard InChI is InChI=1S/C17H21NO3/c1-20-13-5-2-9-8-11-10-3-4-12(19)16-17(10,6-7-18-11)14(9)15(13)21-16/h2,5,10-12,16,18-19H,3-4,6-8H2,1H3/t10-,11+,12?,16-,17?/m1/s1. The van der Waals surface area contributed by atoms with Gasteiger partial charge in [-0.1, -0.05) is 6.07 Å². The third-order valence-corrected chi connectivity index (χ3v) is 6.30. The molecule has 21 heavy (non-hydrogen) atoms. The van der Waals surface area contributed by atoms with Gasteiger partial charge < -0.3 is 19.9 Å². The fourth-order valence-corrected chi connectivity index (χ4v) is 5.59. The molecule has 4 nitrogen and oxygen atoms in total. The summed E-state index contributed by atoms with van der Waals surface area (Å²) in [6, 6.07) is 4.75. The van der Waals surface area contributed by atoms with Gasteiger partial charge in [0.25, 0.3) is 0 Å². The Morgan fingerprint density at radius 2 is 2.29 bits per heavy atom. The highest BCUT2D eigenvalue weighted by Crippen LogP contribution is 2.62. The Morgan fingerprint density at radius 3 is 3.14 bits per heavy atom. The summed E-state index contributed by atoms with van der Waals surface area (Å²) in [6.45, 7) is 1.02. The predicted octanol–water partition coefficient (Wildman–Crippen LogP) is 1.38. The first-order valence-electron chi connectivity index (χ1n) is 8.04. The fourth-order valence-electron chi connectivity index (χ4n) is 5.59. The molecule has 4 heteroatoms. The van der Waals surface area contributed by atoms with Gasteiger partial charge in [-0.15, -0.1) is 0 Å². The topological polar surface area (TPSA) is 50.7 Å². The van der Waals surface area contributed by atoms with E-state index in [1.54, 1.807) is 7.11 Å². The summed E-state index contributed by atoms with van der Waals surface area (Å²) in [5.41, 5.74) is 2.74. The van der Waals surface area contributed by atoms with E-state index in [-0.39, 0.29) is 17.6 Å². The molecule has 2 fully saturated rings. The zero-order chi connectivity index (χ0) is 14.2. The fraction of sp³-hybridized carbons (Fsp3) is 0.647. The van der Waals surface area contributed by atoms with Crippen LogP contribution in [-0.2, 0) is 11.8 Å². The van der Waals surface area contributed by atoms with Crippen molar-refractivity contribution in [1.29, 1.82) is 0 Å². The number of piperidine rings is 1. The van der Waals surface area contributed by atoms with Crippen LogP contribution in [0, 0.1) is 5.92 Å². The minimum Gasteiger partial charge on any atom is -0.493 e. The van der Waals surface area contributed by atoms with E-state index in [1.807, 2.05) is 6.07 Å². The summed E-state index contributed by atoms with van der Waals surface area (Å²) < 4.78 is 11.8. The Hall–Kier alpha value is -1.26. The monoisotopic (exact) mass is 287 g/mol. The van der Waals surface area contributed by atoms with Crippen LogP contribution in [-0.4, -0.2) is 37.0 Å². The van der Waals surface area contributed by atoms with Crippen LogP contribution in [0.4, 0.5) is 0 Å². The van der Waals surface area contributed by atoms with E-state index in [1.165, 1.54) is 11.1 Å². The first kappa shape index (κ1) is 12.3. The molecular formula is C17H21NO3. The second kappa shape index (κ2) is 3.93. The number of aliphatic hydroxyl groups excluding tert-OH is 1. The van der Waals surface area contributed by atoms with Gasteiger partial charge in [0, 0.05) is 17.0 Å². The lowest BCUT2D eigenvalue weighted by molar-refractivity contribution is -0.0761. The summed E-state index contributed by atoms with van der Waals surface area (Å²) >= 11 is 0. The molecule has 2 bridgehead atoms. The minimum atomic E-state index is -0.358. The molecule has 1 aromatic rings. The SMILES string of the molecule is COc1ccc2c3c1O[C@@H]1C(O)CC[C@@H]4[C@H](C2)NCCC314. The van der Waals surface area contributed by atoms with Crippen molar-refractivity contribution in [3.63, 3.8) is 0 Å². The molecule has 2 aliphatic heterocycles. The van der Waals surface area contributed by atoms with E-state index >= 15 is 0 Å². The Kier molecular flexibility index (Phi) is 2.30. The maximum Gasteiger partial charge on any atom is 0.165 e.